The van der Waals surface area contributed by atoms with Gasteiger partial charge in [0.15, 0.2) is 5.43 Å². The molecule has 0 aliphatic rings. The van der Waals surface area contributed by atoms with Crippen LogP contribution in [0.3, 0.4) is 0 Å². The molecule has 3 nitrogen and oxygen atoms in total. The summed E-state index contributed by atoms with van der Waals surface area (Å²) in [5.74, 6) is 0.652. The highest BCUT2D eigenvalue weighted by Gasteiger charge is 2.04. The molecule has 1 rings (SSSR count). The molecule has 1 atom stereocenters. The molecule has 0 aliphatic carbocycles. The van der Waals surface area contributed by atoms with Crippen molar-refractivity contribution in [3.63, 3.8) is 0 Å². The SMILES string of the molecule is CC(C)C(C)NCCn1ccc(=O)cc1. The Bertz CT molecular complexity index is 323. The van der Waals surface area contributed by atoms with E-state index in [9.17, 15) is 4.79 Å². The largest absolute Gasteiger partial charge is 0.353 e. The third kappa shape index (κ3) is 4.30. The van der Waals surface area contributed by atoms with E-state index in [1.807, 2.05) is 17.0 Å². The van der Waals surface area contributed by atoms with Gasteiger partial charge in [0.2, 0.25) is 0 Å². The van der Waals surface area contributed by atoms with Crippen molar-refractivity contribution in [1.29, 1.82) is 0 Å². The fraction of sp³-hybridized carbons (Fsp3) is 0.583. The molecule has 0 amide bonds. The maximum absolute atomic E-state index is 10.9. The number of nitrogens with one attached hydrogen (secondary N) is 1. The highest BCUT2D eigenvalue weighted by Crippen LogP contribution is 1.98. The van der Waals surface area contributed by atoms with Gasteiger partial charge in [0.25, 0.3) is 0 Å². The molecule has 1 unspecified atom stereocenters. The molecular formula is C12H20N2O. The first kappa shape index (κ1) is 12.0. The lowest BCUT2D eigenvalue weighted by atomic mass is 10.1. The predicted molar refractivity (Wildman–Crippen MR) is 63.0 cm³/mol. The zero-order valence-electron chi connectivity index (χ0n) is 9.73. The minimum atomic E-state index is 0.0646. The Labute approximate surface area is 91.1 Å². The second-order valence-corrected chi connectivity index (χ2v) is 4.26. The number of hydrogen-bond donors (Lipinski definition) is 1. The summed E-state index contributed by atoms with van der Waals surface area (Å²) in [6.45, 7) is 8.43. The molecule has 0 spiro atoms. The van der Waals surface area contributed by atoms with Crippen LogP contribution in [0.15, 0.2) is 29.3 Å². The van der Waals surface area contributed by atoms with Crippen LogP contribution in [-0.2, 0) is 6.54 Å². The Hall–Kier alpha value is -1.09. The van der Waals surface area contributed by atoms with E-state index in [1.54, 1.807) is 12.1 Å². The molecule has 0 aromatic carbocycles. The van der Waals surface area contributed by atoms with Crippen LogP contribution < -0.4 is 10.7 Å². The normalized spacial score (nSPS) is 13.1. The standard InChI is InChI=1S/C12H20N2O/c1-10(2)11(3)13-6-9-14-7-4-12(15)5-8-14/h4-5,7-8,10-11,13H,6,9H2,1-3H3. The lowest BCUT2D eigenvalue weighted by molar-refractivity contribution is 0.416. The topological polar surface area (TPSA) is 34.0 Å². The van der Waals surface area contributed by atoms with Crippen LogP contribution in [0.4, 0.5) is 0 Å². The Balaban J connectivity index is 2.32. The van der Waals surface area contributed by atoms with Gasteiger partial charge in [-0.25, -0.2) is 0 Å². The highest BCUT2D eigenvalue weighted by molar-refractivity contribution is 4.93. The Morgan fingerprint density at radius 2 is 1.87 bits per heavy atom. The maximum Gasteiger partial charge on any atom is 0.181 e. The first-order chi connectivity index (χ1) is 7.09. The van der Waals surface area contributed by atoms with Crippen molar-refractivity contribution < 1.29 is 0 Å². The van der Waals surface area contributed by atoms with Crippen molar-refractivity contribution in [1.82, 2.24) is 9.88 Å². The van der Waals surface area contributed by atoms with Crippen LogP contribution in [0.2, 0.25) is 0 Å². The summed E-state index contributed by atoms with van der Waals surface area (Å²) in [5.41, 5.74) is 0.0646. The lowest BCUT2D eigenvalue weighted by Crippen LogP contribution is -2.33. The number of hydrogen-bond acceptors (Lipinski definition) is 2. The molecule has 0 saturated carbocycles. The molecule has 3 heteroatoms. The van der Waals surface area contributed by atoms with Gasteiger partial charge in [-0.3, -0.25) is 4.79 Å². The summed E-state index contributed by atoms with van der Waals surface area (Å²) in [5, 5.41) is 3.45. The molecule has 1 N–H and O–H groups in total. The van der Waals surface area contributed by atoms with Gasteiger partial charge in [0.05, 0.1) is 0 Å². The third-order valence-corrected chi connectivity index (χ3v) is 2.70. The summed E-state index contributed by atoms with van der Waals surface area (Å²) in [4.78, 5) is 10.9. The van der Waals surface area contributed by atoms with Crippen molar-refractivity contribution in [3.8, 4) is 0 Å². The third-order valence-electron chi connectivity index (χ3n) is 2.70. The van der Waals surface area contributed by atoms with E-state index in [4.69, 9.17) is 0 Å². The van der Waals surface area contributed by atoms with E-state index >= 15 is 0 Å². The molecular weight excluding hydrogens is 188 g/mol. The first-order valence-corrected chi connectivity index (χ1v) is 5.49. The zero-order valence-corrected chi connectivity index (χ0v) is 9.73. The molecule has 0 bridgehead atoms. The Kier molecular flexibility index (Phi) is 4.56. The quantitative estimate of drug-likeness (QED) is 0.795. The lowest BCUT2D eigenvalue weighted by Gasteiger charge is -2.17. The molecule has 1 heterocycles. The summed E-state index contributed by atoms with van der Waals surface area (Å²) in [6.07, 6.45) is 3.65. The summed E-state index contributed by atoms with van der Waals surface area (Å²) < 4.78 is 2.02. The number of nitrogens with zero attached hydrogens (tertiary/aromatic N) is 1. The van der Waals surface area contributed by atoms with Crippen LogP contribution >= 0.6 is 0 Å². The minimum Gasteiger partial charge on any atom is -0.353 e. The molecule has 84 valence electrons. The van der Waals surface area contributed by atoms with Crippen LogP contribution in [0.25, 0.3) is 0 Å². The van der Waals surface area contributed by atoms with Gasteiger partial charge >= 0.3 is 0 Å². The van der Waals surface area contributed by atoms with E-state index in [2.05, 4.69) is 26.1 Å². The average Bonchev–Trinajstić information content (AvgIpc) is 2.20. The average molecular weight is 208 g/mol. The highest BCUT2D eigenvalue weighted by atomic mass is 16.1. The van der Waals surface area contributed by atoms with Gasteiger partial charge in [0, 0.05) is 43.7 Å². The summed E-state index contributed by atoms with van der Waals surface area (Å²) >= 11 is 0. The number of rotatable bonds is 5. The fourth-order valence-corrected chi connectivity index (χ4v) is 1.25. The van der Waals surface area contributed by atoms with Crippen molar-refractivity contribution in [2.24, 2.45) is 5.92 Å². The molecule has 1 aromatic rings. The van der Waals surface area contributed by atoms with Crippen molar-refractivity contribution >= 4 is 0 Å². The van der Waals surface area contributed by atoms with Crippen LogP contribution in [0, 0.1) is 5.92 Å². The van der Waals surface area contributed by atoms with E-state index < -0.39 is 0 Å². The Morgan fingerprint density at radius 1 is 1.27 bits per heavy atom. The van der Waals surface area contributed by atoms with E-state index in [-0.39, 0.29) is 5.43 Å². The second-order valence-electron chi connectivity index (χ2n) is 4.26. The second kappa shape index (κ2) is 5.71. The van der Waals surface area contributed by atoms with Crippen molar-refractivity contribution in [3.05, 3.63) is 34.7 Å². The van der Waals surface area contributed by atoms with Crippen LogP contribution in [-0.4, -0.2) is 17.2 Å². The fourth-order valence-electron chi connectivity index (χ4n) is 1.25. The molecule has 0 saturated heterocycles. The number of pyridine rings is 1. The molecule has 15 heavy (non-hydrogen) atoms. The Morgan fingerprint density at radius 3 is 2.40 bits per heavy atom. The van der Waals surface area contributed by atoms with Crippen LogP contribution in [0.5, 0.6) is 0 Å². The maximum atomic E-state index is 10.9. The molecule has 0 radical (unpaired) electrons. The van der Waals surface area contributed by atoms with Gasteiger partial charge < -0.3 is 9.88 Å². The van der Waals surface area contributed by atoms with Gasteiger partial charge in [-0.1, -0.05) is 13.8 Å². The first-order valence-electron chi connectivity index (χ1n) is 5.49. The predicted octanol–water partition coefficient (Wildman–Crippen LogP) is 1.48. The monoisotopic (exact) mass is 208 g/mol. The molecule has 1 aromatic heterocycles. The van der Waals surface area contributed by atoms with Gasteiger partial charge in [0.1, 0.15) is 0 Å². The van der Waals surface area contributed by atoms with Gasteiger partial charge in [-0.2, -0.15) is 0 Å². The van der Waals surface area contributed by atoms with E-state index in [1.165, 1.54) is 0 Å². The smallest absolute Gasteiger partial charge is 0.181 e. The molecule has 0 aliphatic heterocycles. The summed E-state index contributed by atoms with van der Waals surface area (Å²) in [7, 11) is 0. The molecule has 0 fully saturated rings. The van der Waals surface area contributed by atoms with E-state index in [0.29, 0.717) is 12.0 Å². The minimum absolute atomic E-state index is 0.0646. The van der Waals surface area contributed by atoms with Gasteiger partial charge in [-0.15, -0.1) is 0 Å². The summed E-state index contributed by atoms with van der Waals surface area (Å²) in [6, 6.07) is 3.71. The number of aromatic nitrogens is 1. The van der Waals surface area contributed by atoms with Crippen molar-refractivity contribution in [2.75, 3.05) is 6.54 Å². The zero-order chi connectivity index (χ0) is 11.3. The van der Waals surface area contributed by atoms with E-state index in [0.717, 1.165) is 13.1 Å². The van der Waals surface area contributed by atoms with Gasteiger partial charge in [-0.05, 0) is 12.8 Å². The van der Waals surface area contributed by atoms with Crippen molar-refractivity contribution in [2.45, 2.75) is 33.4 Å². The van der Waals surface area contributed by atoms with Crippen LogP contribution in [0.1, 0.15) is 20.8 Å².